The highest BCUT2D eigenvalue weighted by atomic mass is 16.4. The van der Waals surface area contributed by atoms with Crippen molar-refractivity contribution in [1.29, 1.82) is 0 Å². The first kappa shape index (κ1) is 12.2. The largest absolute Gasteiger partial charge is 0.478 e. The third kappa shape index (κ3) is 2.39. The van der Waals surface area contributed by atoms with Gasteiger partial charge in [-0.1, -0.05) is 13.3 Å². The van der Waals surface area contributed by atoms with E-state index >= 15 is 0 Å². The van der Waals surface area contributed by atoms with Crippen molar-refractivity contribution >= 4 is 11.9 Å². The van der Waals surface area contributed by atoms with Gasteiger partial charge in [0.25, 0.3) is 0 Å². The fraction of sp³-hybridized carbons (Fsp3) is 0.333. The Hall–Kier alpha value is -1.84. The van der Waals surface area contributed by atoms with Crippen LogP contribution in [0, 0.1) is 6.92 Å². The van der Waals surface area contributed by atoms with E-state index in [4.69, 9.17) is 10.2 Å². The van der Waals surface area contributed by atoms with Crippen molar-refractivity contribution in [3.63, 3.8) is 0 Å². The summed E-state index contributed by atoms with van der Waals surface area (Å²) in [6.07, 6.45) is 1.53. The summed E-state index contributed by atoms with van der Waals surface area (Å²) in [5.41, 5.74) is 1.20. The molecule has 1 aromatic carbocycles. The SMILES string of the molecule is CCCc1cc(C(=O)O)c(C)c(C(=O)O)c1. The van der Waals surface area contributed by atoms with Crippen LogP contribution in [-0.2, 0) is 6.42 Å². The second kappa shape index (κ2) is 4.79. The minimum atomic E-state index is -1.09. The Kier molecular flexibility index (Phi) is 3.66. The molecule has 0 atom stereocenters. The topological polar surface area (TPSA) is 74.6 Å². The van der Waals surface area contributed by atoms with Gasteiger partial charge in [0, 0.05) is 0 Å². The van der Waals surface area contributed by atoms with E-state index in [0.717, 1.165) is 12.0 Å². The molecule has 86 valence electrons. The van der Waals surface area contributed by atoms with Gasteiger partial charge in [0.2, 0.25) is 0 Å². The van der Waals surface area contributed by atoms with Gasteiger partial charge in [0.1, 0.15) is 0 Å². The maximum absolute atomic E-state index is 11.0. The normalized spacial score (nSPS) is 10.1. The number of aryl methyl sites for hydroxylation is 1. The lowest BCUT2D eigenvalue weighted by molar-refractivity contribution is 0.0696. The van der Waals surface area contributed by atoms with Gasteiger partial charge in [0.15, 0.2) is 0 Å². The van der Waals surface area contributed by atoms with E-state index in [1.54, 1.807) is 12.1 Å². The van der Waals surface area contributed by atoms with E-state index in [0.29, 0.717) is 12.0 Å². The smallest absolute Gasteiger partial charge is 0.335 e. The zero-order valence-electron chi connectivity index (χ0n) is 9.28. The summed E-state index contributed by atoms with van der Waals surface area (Å²) in [5.74, 6) is -2.17. The molecule has 4 heteroatoms. The highest BCUT2D eigenvalue weighted by Gasteiger charge is 2.16. The lowest BCUT2D eigenvalue weighted by atomic mass is 9.97. The van der Waals surface area contributed by atoms with Crippen molar-refractivity contribution in [2.24, 2.45) is 0 Å². The van der Waals surface area contributed by atoms with Crippen molar-refractivity contribution in [2.45, 2.75) is 26.7 Å². The molecule has 0 unspecified atom stereocenters. The van der Waals surface area contributed by atoms with Gasteiger partial charge in [0.05, 0.1) is 11.1 Å². The molecule has 0 heterocycles. The Balaban J connectivity index is 3.38. The molecule has 0 aromatic heterocycles. The average molecular weight is 222 g/mol. The number of hydrogen-bond acceptors (Lipinski definition) is 2. The van der Waals surface area contributed by atoms with Crippen molar-refractivity contribution in [2.75, 3.05) is 0 Å². The van der Waals surface area contributed by atoms with Crippen LogP contribution < -0.4 is 0 Å². The molecular weight excluding hydrogens is 208 g/mol. The zero-order chi connectivity index (χ0) is 12.3. The van der Waals surface area contributed by atoms with Gasteiger partial charge in [-0.05, 0) is 36.6 Å². The molecule has 0 spiro atoms. The Labute approximate surface area is 93.5 Å². The second-order valence-electron chi connectivity index (χ2n) is 3.68. The van der Waals surface area contributed by atoms with Crippen LogP contribution in [0.5, 0.6) is 0 Å². The molecule has 1 aromatic rings. The number of carboxylic acid groups (broad SMARTS) is 2. The molecule has 0 amide bonds. The van der Waals surface area contributed by atoms with Crippen molar-refractivity contribution in [3.8, 4) is 0 Å². The highest BCUT2D eigenvalue weighted by Crippen LogP contribution is 2.18. The molecule has 0 saturated carbocycles. The minimum absolute atomic E-state index is 0.0725. The van der Waals surface area contributed by atoms with E-state index in [9.17, 15) is 9.59 Å². The Morgan fingerprint density at radius 3 is 1.88 bits per heavy atom. The summed E-state index contributed by atoms with van der Waals surface area (Å²) in [4.78, 5) is 21.9. The summed E-state index contributed by atoms with van der Waals surface area (Å²) >= 11 is 0. The van der Waals surface area contributed by atoms with E-state index in [-0.39, 0.29) is 11.1 Å². The fourth-order valence-corrected chi connectivity index (χ4v) is 1.65. The first-order valence-corrected chi connectivity index (χ1v) is 5.07. The standard InChI is InChI=1S/C12H14O4/c1-3-4-8-5-9(11(13)14)7(2)10(6-8)12(15)16/h5-6H,3-4H2,1-2H3,(H,13,14)(H,15,16). The molecule has 0 aliphatic carbocycles. The van der Waals surface area contributed by atoms with E-state index in [1.807, 2.05) is 6.92 Å². The monoisotopic (exact) mass is 222 g/mol. The summed E-state index contributed by atoms with van der Waals surface area (Å²) in [5, 5.41) is 17.9. The minimum Gasteiger partial charge on any atom is -0.478 e. The van der Waals surface area contributed by atoms with Crippen LogP contribution in [0.1, 0.15) is 45.2 Å². The number of benzene rings is 1. The van der Waals surface area contributed by atoms with Crippen LogP contribution >= 0.6 is 0 Å². The number of carbonyl (C=O) groups is 2. The first-order chi connectivity index (χ1) is 7.47. The highest BCUT2D eigenvalue weighted by molar-refractivity contribution is 5.96. The Morgan fingerprint density at radius 2 is 1.56 bits per heavy atom. The summed E-state index contributed by atoms with van der Waals surface area (Å²) in [6.45, 7) is 3.48. The quantitative estimate of drug-likeness (QED) is 0.819. The molecule has 16 heavy (non-hydrogen) atoms. The molecule has 0 aliphatic rings. The Bertz CT molecular complexity index is 400. The van der Waals surface area contributed by atoms with Gasteiger partial charge in [-0.15, -0.1) is 0 Å². The molecule has 0 saturated heterocycles. The summed E-state index contributed by atoms with van der Waals surface area (Å²) < 4.78 is 0. The van der Waals surface area contributed by atoms with Crippen molar-refractivity contribution in [3.05, 3.63) is 34.4 Å². The van der Waals surface area contributed by atoms with Crippen LogP contribution in [0.15, 0.2) is 12.1 Å². The first-order valence-electron chi connectivity index (χ1n) is 5.07. The van der Waals surface area contributed by atoms with Gasteiger partial charge in [-0.3, -0.25) is 0 Å². The molecular formula is C12H14O4. The molecule has 1 rings (SSSR count). The molecule has 2 N–H and O–H groups in total. The van der Waals surface area contributed by atoms with Crippen LogP contribution in [0.2, 0.25) is 0 Å². The molecule has 0 fully saturated rings. The average Bonchev–Trinajstić information content (AvgIpc) is 2.19. The maximum Gasteiger partial charge on any atom is 0.335 e. The fourth-order valence-electron chi connectivity index (χ4n) is 1.65. The number of carboxylic acids is 2. The summed E-state index contributed by atoms with van der Waals surface area (Å²) in [6, 6.07) is 3.10. The lowest BCUT2D eigenvalue weighted by Crippen LogP contribution is -2.08. The van der Waals surface area contributed by atoms with Gasteiger partial charge in [-0.25, -0.2) is 9.59 Å². The van der Waals surface area contributed by atoms with Crippen LogP contribution in [0.25, 0.3) is 0 Å². The van der Waals surface area contributed by atoms with Crippen molar-refractivity contribution in [1.82, 2.24) is 0 Å². The molecule has 0 radical (unpaired) electrons. The van der Waals surface area contributed by atoms with E-state index in [1.165, 1.54) is 6.92 Å². The van der Waals surface area contributed by atoms with E-state index < -0.39 is 11.9 Å². The predicted molar refractivity (Wildman–Crippen MR) is 59.1 cm³/mol. The van der Waals surface area contributed by atoms with Crippen LogP contribution in [-0.4, -0.2) is 22.2 Å². The third-order valence-corrected chi connectivity index (χ3v) is 2.47. The van der Waals surface area contributed by atoms with Gasteiger partial charge >= 0.3 is 11.9 Å². The second-order valence-corrected chi connectivity index (χ2v) is 3.68. The summed E-state index contributed by atoms with van der Waals surface area (Å²) in [7, 11) is 0. The zero-order valence-corrected chi connectivity index (χ0v) is 9.28. The molecule has 0 aliphatic heterocycles. The van der Waals surface area contributed by atoms with Crippen LogP contribution in [0.4, 0.5) is 0 Å². The molecule has 0 bridgehead atoms. The molecule has 4 nitrogen and oxygen atoms in total. The number of aromatic carboxylic acids is 2. The van der Waals surface area contributed by atoms with Crippen molar-refractivity contribution < 1.29 is 19.8 Å². The van der Waals surface area contributed by atoms with Gasteiger partial charge in [-0.2, -0.15) is 0 Å². The lowest BCUT2D eigenvalue weighted by Gasteiger charge is -2.08. The number of rotatable bonds is 4. The maximum atomic E-state index is 11.0. The predicted octanol–water partition coefficient (Wildman–Crippen LogP) is 2.34. The van der Waals surface area contributed by atoms with Gasteiger partial charge < -0.3 is 10.2 Å². The number of hydrogen-bond donors (Lipinski definition) is 2. The van der Waals surface area contributed by atoms with Crippen LogP contribution in [0.3, 0.4) is 0 Å². The Morgan fingerprint density at radius 1 is 1.12 bits per heavy atom. The van der Waals surface area contributed by atoms with E-state index in [2.05, 4.69) is 0 Å². The third-order valence-electron chi connectivity index (χ3n) is 2.47.